The van der Waals surface area contributed by atoms with Crippen molar-refractivity contribution >= 4 is 11.9 Å². The number of rotatable bonds is 1. The molecule has 4 heteroatoms. The molecule has 3 rings (SSSR count). The van der Waals surface area contributed by atoms with Crippen LogP contribution < -0.4 is 0 Å². The van der Waals surface area contributed by atoms with Crippen LogP contribution in [-0.4, -0.2) is 23.6 Å². The summed E-state index contributed by atoms with van der Waals surface area (Å²) < 4.78 is 11.2. The molecular weight excluding hydrogens is 232 g/mol. The summed E-state index contributed by atoms with van der Waals surface area (Å²) in [6.45, 7) is 7.45. The predicted octanol–water partition coefficient (Wildman–Crippen LogP) is 1.92. The van der Waals surface area contributed by atoms with Crippen LogP contribution in [0.5, 0.6) is 0 Å². The standard InChI is InChI=1S/C14H20O4/c1-13(2,3)12(16)17-10-7-5-8-9(6-7)14(10,4)18-11(8)15/h7-10H,5-6H2,1-4H3. The van der Waals surface area contributed by atoms with Gasteiger partial charge in [0.25, 0.3) is 0 Å². The monoisotopic (exact) mass is 252 g/mol. The largest absolute Gasteiger partial charge is 0.457 e. The van der Waals surface area contributed by atoms with E-state index < -0.39 is 11.0 Å². The summed E-state index contributed by atoms with van der Waals surface area (Å²) in [4.78, 5) is 23.8. The first-order valence-corrected chi connectivity index (χ1v) is 6.67. The summed E-state index contributed by atoms with van der Waals surface area (Å²) >= 11 is 0. The van der Waals surface area contributed by atoms with Crippen LogP contribution in [0.1, 0.15) is 40.5 Å². The summed E-state index contributed by atoms with van der Waals surface area (Å²) in [7, 11) is 0. The van der Waals surface area contributed by atoms with Crippen LogP contribution in [0.3, 0.4) is 0 Å². The zero-order chi connectivity index (χ0) is 13.3. The van der Waals surface area contributed by atoms with Gasteiger partial charge in [-0.05, 0) is 40.5 Å². The summed E-state index contributed by atoms with van der Waals surface area (Å²) in [5, 5.41) is 0. The Morgan fingerprint density at radius 2 is 2.06 bits per heavy atom. The second-order valence-electron chi connectivity index (χ2n) is 7.13. The van der Waals surface area contributed by atoms with Crippen molar-refractivity contribution in [3.63, 3.8) is 0 Å². The number of esters is 2. The quantitative estimate of drug-likeness (QED) is 0.669. The van der Waals surface area contributed by atoms with Gasteiger partial charge in [0.1, 0.15) is 11.7 Å². The van der Waals surface area contributed by atoms with Gasteiger partial charge in [-0.15, -0.1) is 0 Å². The molecule has 2 aliphatic carbocycles. The highest BCUT2D eigenvalue weighted by atomic mass is 16.6. The van der Waals surface area contributed by atoms with Gasteiger partial charge in [0.05, 0.1) is 11.3 Å². The van der Waals surface area contributed by atoms with E-state index >= 15 is 0 Å². The van der Waals surface area contributed by atoms with E-state index in [0.717, 1.165) is 12.8 Å². The molecule has 3 fully saturated rings. The van der Waals surface area contributed by atoms with Crippen molar-refractivity contribution in [2.24, 2.45) is 23.2 Å². The molecule has 2 saturated carbocycles. The maximum absolute atomic E-state index is 12.0. The molecule has 1 aliphatic heterocycles. The average molecular weight is 252 g/mol. The van der Waals surface area contributed by atoms with Crippen LogP contribution in [0.4, 0.5) is 0 Å². The molecule has 0 radical (unpaired) electrons. The molecule has 0 amide bonds. The predicted molar refractivity (Wildman–Crippen MR) is 63.5 cm³/mol. The lowest BCUT2D eigenvalue weighted by molar-refractivity contribution is -0.180. The number of carbonyl (C=O) groups excluding carboxylic acids is 2. The van der Waals surface area contributed by atoms with E-state index in [1.807, 2.05) is 27.7 Å². The molecule has 5 unspecified atom stereocenters. The molecule has 3 aliphatic rings. The Morgan fingerprint density at radius 3 is 2.67 bits per heavy atom. The fourth-order valence-electron chi connectivity index (χ4n) is 3.83. The van der Waals surface area contributed by atoms with Crippen LogP contribution >= 0.6 is 0 Å². The minimum atomic E-state index is -0.578. The minimum absolute atomic E-state index is 0.0459. The van der Waals surface area contributed by atoms with Gasteiger partial charge in [0.2, 0.25) is 0 Å². The van der Waals surface area contributed by atoms with Crippen molar-refractivity contribution in [2.45, 2.75) is 52.2 Å². The van der Waals surface area contributed by atoms with Gasteiger partial charge in [-0.3, -0.25) is 9.59 Å². The zero-order valence-electron chi connectivity index (χ0n) is 11.4. The second-order valence-corrected chi connectivity index (χ2v) is 7.13. The molecule has 4 nitrogen and oxygen atoms in total. The highest BCUT2D eigenvalue weighted by Gasteiger charge is 2.70. The van der Waals surface area contributed by atoms with Gasteiger partial charge in [-0.2, -0.15) is 0 Å². The van der Waals surface area contributed by atoms with Gasteiger partial charge in [-0.1, -0.05) is 0 Å². The third kappa shape index (κ3) is 1.38. The van der Waals surface area contributed by atoms with Crippen LogP contribution in [0.15, 0.2) is 0 Å². The smallest absolute Gasteiger partial charge is 0.311 e. The van der Waals surface area contributed by atoms with E-state index in [1.54, 1.807) is 0 Å². The van der Waals surface area contributed by atoms with Crippen LogP contribution in [0, 0.1) is 23.2 Å². The Bertz CT molecular complexity index is 422. The normalized spacial score (nSPS) is 45.2. The number of fused-ring (bicyclic) bond motifs is 1. The molecule has 2 bridgehead atoms. The molecule has 0 spiro atoms. The second kappa shape index (κ2) is 3.28. The van der Waals surface area contributed by atoms with Crippen LogP contribution in [0.2, 0.25) is 0 Å². The number of carbonyl (C=O) groups is 2. The first-order valence-electron chi connectivity index (χ1n) is 6.67. The van der Waals surface area contributed by atoms with Crippen molar-refractivity contribution < 1.29 is 19.1 Å². The van der Waals surface area contributed by atoms with E-state index in [0.29, 0.717) is 5.92 Å². The van der Waals surface area contributed by atoms with Gasteiger partial charge in [-0.25, -0.2) is 0 Å². The lowest BCUT2D eigenvalue weighted by Crippen LogP contribution is -2.47. The van der Waals surface area contributed by atoms with Crippen molar-refractivity contribution in [1.82, 2.24) is 0 Å². The molecule has 0 aromatic carbocycles. The summed E-state index contributed by atoms with van der Waals surface area (Å²) in [6.07, 6.45) is 1.52. The summed E-state index contributed by atoms with van der Waals surface area (Å²) in [5.41, 5.74) is -1.09. The topological polar surface area (TPSA) is 52.6 Å². The number of ether oxygens (including phenoxy) is 2. The van der Waals surface area contributed by atoms with E-state index in [4.69, 9.17) is 9.47 Å². The maximum atomic E-state index is 12.0. The number of hydrogen-bond acceptors (Lipinski definition) is 4. The Labute approximate surface area is 107 Å². The molecule has 0 aromatic rings. The van der Waals surface area contributed by atoms with Crippen LogP contribution in [-0.2, 0) is 19.1 Å². The van der Waals surface area contributed by atoms with Gasteiger partial charge >= 0.3 is 11.9 Å². The molecular formula is C14H20O4. The maximum Gasteiger partial charge on any atom is 0.311 e. The SMILES string of the molecule is CC(C)(C)C(=O)OC1C2CC3C(=O)OC1(C)C3C2. The molecule has 18 heavy (non-hydrogen) atoms. The minimum Gasteiger partial charge on any atom is -0.457 e. The van der Waals surface area contributed by atoms with Gasteiger partial charge < -0.3 is 9.47 Å². The van der Waals surface area contributed by atoms with Crippen molar-refractivity contribution in [3.8, 4) is 0 Å². The summed E-state index contributed by atoms with van der Waals surface area (Å²) in [6, 6.07) is 0. The van der Waals surface area contributed by atoms with Crippen molar-refractivity contribution in [1.29, 1.82) is 0 Å². The van der Waals surface area contributed by atoms with Crippen LogP contribution in [0.25, 0.3) is 0 Å². The fraction of sp³-hybridized carbons (Fsp3) is 0.857. The van der Waals surface area contributed by atoms with E-state index in [2.05, 4.69) is 0 Å². The highest BCUT2D eigenvalue weighted by Crippen LogP contribution is 2.61. The Kier molecular flexibility index (Phi) is 2.19. The van der Waals surface area contributed by atoms with Crippen molar-refractivity contribution in [2.75, 3.05) is 0 Å². The lowest BCUT2D eigenvalue weighted by atomic mass is 9.79. The first kappa shape index (κ1) is 12.0. The molecule has 1 saturated heterocycles. The highest BCUT2D eigenvalue weighted by molar-refractivity contribution is 5.79. The molecule has 0 N–H and O–H groups in total. The van der Waals surface area contributed by atoms with Gasteiger partial charge in [0, 0.05) is 11.8 Å². The Morgan fingerprint density at radius 1 is 1.39 bits per heavy atom. The molecule has 5 atom stereocenters. The average Bonchev–Trinajstić information content (AvgIpc) is 2.80. The third-order valence-electron chi connectivity index (χ3n) is 4.80. The molecule has 1 heterocycles. The van der Waals surface area contributed by atoms with Crippen molar-refractivity contribution in [3.05, 3.63) is 0 Å². The third-order valence-corrected chi connectivity index (χ3v) is 4.80. The zero-order valence-corrected chi connectivity index (χ0v) is 11.4. The summed E-state index contributed by atoms with van der Waals surface area (Å²) in [5.74, 6) is 0.278. The lowest BCUT2D eigenvalue weighted by Gasteiger charge is -2.35. The van der Waals surface area contributed by atoms with Gasteiger partial charge in [0.15, 0.2) is 0 Å². The van der Waals surface area contributed by atoms with E-state index in [-0.39, 0.29) is 29.9 Å². The fourth-order valence-corrected chi connectivity index (χ4v) is 3.83. The molecule has 0 aromatic heterocycles. The van der Waals surface area contributed by atoms with E-state index in [9.17, 15) is 9.59 Å². The number of hydrogen-bond donors (Lipinski definition) is 0. The first-order chi connectivity index (χ1) is 8.23. The van der Waals surface area contributed by atoms with E-state index in [1.165, 1.54) is 0 Å². The Hall–Kier alpha value is -1.06. The molecule has 100 valence electrons. The Balaban J connectivity index is 1.83.